The quantitative estimate of drug-likeness (QED) is 0.612. The average Bonchev–Trinajstić information content (AvgIpc) is 2.65. The van der Waals surface area contributed by atoms with Gasteiger partial charge >= 0.3 is 18.0 Å². The van der Waals surface area contributed by atoms with Crippen molar-refractivity contribution >= 4 is 5.91 Å². The van der Waals surface area contributed by atoms with Crippen molar-refractivity contribution in [1.29, 1.82) is 0 Å². The molecule has 0 radical (unpaired) electrons. The van der Waals surface area contributed by atoms with E-state index in [2.05, 4.69) is 13.8 Å². The predicted molar refractivity (Wildman–Crippen MR) is 95.2 cm³/mol. The molecule has 30 heavy (non-hydrogen) atoms. The number of likely N-dealkylation sites (tertiary alicyclic amines) is 1. The molecular weight excluding hydrogens is 421 g/mol. The summed E-state index contributed by atoms with van der Waals surface area (Å²) in [6.45, 7) is 3.57. The van der Waals surface area contributed by atoms with Crippen LogP contribution in [0.3, 0.4) is 0 Å². The van der Waals surface area contributed by atoms with Crippen LogP contribution in [0.25, 0.3) is 0 Å². The van der Waals surface area contributed by atoms with Gasteiger partial charge in [0.05, 0.1) is 18.8 Å². The van der Waals surface area contributed by atoms with Crippen molar-refractivity contribution in [2.45, 2.75) is 88.6 Å². The SMILES string of the molecule is CC(C)C1CCC(OCC2C(N)CCCN2C(=O)C(F)(F)C(F)(F)C(F)(F)F)CC1. The summed E-state index contributed by atoms with van der Waals surface area (Å²) < 4.78 is 97.7. The number of nitrogens with two attached hydrogens (primary N) is 1. The number of carbonyl (C=O) groups is 1. The van der Waals surface area contributed by atoms with E-state index in [4.69, 9.17) is 10.5 Å². The normalized spacial score (nSPS) is 29.4. The van der Waals surface area contributed by atoms with Crippen LogP contribution in [0.1, 0.15) is 52.4 Å². The minimum absolute atomic E-state index is 0.122. The van der Waals surface area contributed by atoms with E-state index in [1.54, 1.807) is 0 Å². The maximum Gasteiger partial charge on any atom is 0.460 e. The molecule has 2 fully saturated rings. The number of amides is 1. The molecule has 2 rings (SSSR count). The molecule has 0 aromatic rings. The Kier molecular flexibility index (Phi) is 7.70. The fraction of sp³-hybridized carbons (Fsp3) is 0.947. The molecule has 11 heteroatoms. The average molecular weight is 450 g/mol. The molecule has 0 bridgehead atoms. The van der Waals surface area contributed by atoms with Crippen LogP contribution in [0.15, 0.2) is 0 Å². The lowest BCUT2D eigenvalue weighted by Crippen LogP contribution is -2.65. The Morgan fingerprint density at radius 3 is 2.10 bits per heavy atom. The van der Waals surface area contributed by atoms with E-state index in [9.17, 15) is 35.5 Å². The van der Waals surface area contributed by atoms with Crippen LogP contribution in [0.4, 0.5) is 30.7 Å². The number of alkyl halides is 7. The number of carbonyl (C=O) groups excluding carboxylic acids is 1. The minimum atomic E-state index is -6.56. The summed E-state index contributed by atoms with van der Waals surface area (Å²) in [5.74, 6) is -13.9. The summed E-state index contributed by atoms with van der Waals surface area (Å²) in [5.41, 5.74) is 5.89. The molecule has 0 spiro atoms. The summed E-state index contributed by atoms with van der Waals surface area (Å²) in [7, 11) is 0. The zero-order valence-electron chi connectivity index (χ0n) is 17.0. The first-order valence-electron chi connectivity index (χ1n) is 10.2. The first-order chi connectivity index (χ1) is 13.7. The van der Waals surface area contributed by atoms with Crippen LogP contribution >= 0.6 is 0 Å². The van der Waals surface area contributed by atoms with Crippen molar-refractivity contribution in [2.24, 2.45) is 17.6 Å². The number of hydrogen-bond donors (Lipinski definition) is 1. The molecule has 2 unspecified atom stereocenters. The number of halogens is 7. The standard InChI is InChI=1S/C19H29F7N2O2/c1-11(2)12-5-7-13(8-6-12)30-10-15-14(27)4-3-9-28(15)16(29)17(20,21)18(22,23)19(24,25)26/h11-15H,3-10,27H2,1-2H3. The second-order valence-electron chi connectivity index (χ2n) is 8.63. The fourth-order valence-electron chi connectivity index (χ4n) is 4.20. The van der Waals surface area contributed by atoms with E-state index in [1.807, 2.05) is 0 Å². The van der Waals surface area contributed by atoms with Gasteiger partial charge in [0.2, 0.25) is 0 Å². The van der Waals surface area contributed by atoms with Gasteiger partial charge in [-0.2, -0.15) is 30.7 Å². The monoisotopic (exact) mass is 450 g/mol. The largest absolute Gasteiger partial charge is 0.460 e. The third-order valence-electron chi connectivity index (χ3n) is 6.28. The molecular formula is C19H29F7N2O2. The molecule has 0 aromatic carbocycles. The number of hydrogen-bond acceptors (Lipinski definition) is 3. The third kappa shape index (κ3) is 5.03. The molecule has 1 heterocycles. The molecule has 1 aliphatic heterocycles. The van der Waals surface area contributed by atoms with Crippen molar-refractivity contribution in [3.05, 3.63) is 0 Å². The third-order valence-corrected chi connectivity index (χ3v) is 6.28. The Hall–Kier alpha value is -1.10. The van der Waals surface area contributed by atoms with E-state index >= 15 is 0 Å². The molecule has 2 N–H and O–H groups in total. The van der Waals surface area contributed by atoms with Gasteiger partial charge in [0.1, 0.15) is 0 Å². The van der Waals surface area contributed by atoms with Gasteiger partial charge in [-0.3, -0.25) is 4.79 Å². The first-order valence-corrected chi connectivity index (χ1v) is 10.2. The molecule has 2 aliphatic rings. The minimum Gasteiger partial charge on any atom is -0.376 e. The van der Waals surface area contributed by atoms with Gasteiger partial charge in [-0.25, -0.2) is 0 Å². The molecule has 4 nitrogen and oxygen atoms in total. The summed E-state index contributed by atoms with van der Waals surface area (Å²) >= 11 is 0. The second-order valence-corrected chi connectivity index (χ2v) is 8.63. The van der Waals surface area contributed by atoms with Gasteiger partial charge in [0.25, 0.3) is 5.91 Å². The topological polar surface area (TPSA) is 55.6 Å². The highest BCUT2D eigenvalue weighted by Gasteiger charge is 2.77. The van der Waals surface area contributed by atoms with E-state index in [-0.39, 0.29) is 25.7 Å². The zero-order valence-corrected chi connectivity index (χ0v) is 17.0. The molecule has 2 atom stereocenters. The summed E-state index contributed by atoms with van der Waals surface area (Å²) in [6.07, 6.45) is -3.04. The summed E-state index contributed by atoms with van der Waals surface area (Å²) in [5, 5.41) is 0. The highest BCUT2D eigenvalue weighted by Crippen LogP contribution is 2.47. The fourth-order valence-corrected chi connectivity index (χ4v) is 4.20. The molecule has 176 valence electrons. The lowest BCUT2D eigenvalue weighted by Gasteiger charge is -2.42. The Morgan fingerprint density at radius 2 is 1.60 bits per heavy atom. The number of ether oxygens (including phenoxy) is 1. The van der Waals surface area contributed by atoms with Crippen LogP contribution < -0.4 is 5.73 Å². The highest BCUT2D eigenvalue weighted by molar-refractivity contribution is 5.85. The molecule has 1 saturated carbocycles. The Morgan fingerprint density at radius 1 is 1.03 bits per heavy atom. The number of piperidine rings is 1. The maximum absolute atomic E-state index is 13.9. The van der Waals surface area contributed by atoms with Crippen molar-refractivity contribution in [3.63, 3.8) is 0 Å². The van der Waals surface area contributed by atoms with E-state index < -0.39 is 36.0 Å². The van der Waals surface area contributed by atoms with E-state index in [0.29, 0.717) is 23.2 Å². The van der Waals surface area contributed by atoms with E-state index in [0.717, 1.165) is 25.7 Å². The Labute approximate surface area is 171 Å². The zero-order chi connectivity index (χ0) is 22.9. The predicted octanol–water partition coefficient (Wildman–Crippen LogP) is 4.37. The first kappa shape index (κ1) is 25.2. The van der Waals surface area contributed by atoms with Gasteiger partial charge in [0, 0.05) is 12.6 Å². The van der Waals surface area contributed by atoms with Gasteiger partial charge < -0.3 is 15.4 Å². The highest BCUT2D eigenvalue weighted by atomic mass is 19.4. The number of nitrogens with zero attached hydrogens (tertiary/aromatic N) is 1. The lowest BCUT2D eigenvalue weighted by atomic mass is 9.80. The van der Waals surface area contributed by atoms with Crippen molar-refractivity contribution < 1.29 is 40.3 Å². The number of rotatable bonds is 6. The Balaban J connectivity index is 2.08. The summed E-state index contributed by atoms with van der Waals surface area (Å²) in [6, 6.07) is -2.05. The molecule has 1 amide bonds. The van der Waals surface area contributed by atoms with Gasteiger partial charge in [-0.1, -0.05) is 13.8 Å². The van der Waals surface area contributed by atoms with Crippen molar-refractivity contribution in [2.75, 3.05) is 13.2 Å². The van der Waals surface area contributed by atoms with Crippen LogP contribution in [-0.4, -0.2) is 60.2 Å². The molecule has 0 aromatic heterocycles. The molecule has 1 aliphatic carbocycles. The van der Waals surface area contributed by atoms with Crippen molar-refractivity contribution in [1.82, 2.24) is 4.90 Å². The van der Waals surface area contributed by atoms with Crippen LogP contribution in [0.5, 0.6) is 0 Å². The van der Waals surface area contributed by atoms with Crippen LogP contribution in [-0.2, 0) is 9.53 Å². The summed E-state index contributed by atoms with van der Waals surface area (Å²) in [4.78, 5) is 12.5. The van der Waals surface area contributed by atoms with Gasteiger partial charge in [-0.05, 0) is 50.4 Å². The maximum atomic E-state index is 13.9. The van der Waals surface area contributed by atoms with Gasteiger partial charge in [0.15, 0.2) is 0 Å². The van der Waals surface area contributed by atoms with Gasteiger partial charge in [-0.15, -0.1) is 0 Å². The lowest BCUT2D eigenvalue weighted by molar-refractivity contribution is -0.346. The smallest absolute Gasteiger partial charge is 0.376 e. The van der Waals surface area contributed by atoms with Crippen LogP contribution in [0, 0.1) is 11.8 Å². The van der Waals surface area contributed by atoms with Crippen molar-refractivity contribution in [3.8, 4) is 0 Å². The van der Waals surface area contributed by atoms with Crippen LogP contribution in [0.2, 0.25) is 0 Å². The Bertz CT molecular complexity index is 590. The van der Waals surface area contributed by atoms with E-state index in [1.165, 1.54) is 0 Å². The molecule has 1 saturated heterocycles. The second kappa shape index (κ2) is 9.18.